The minimum atomic E-state index is -0.616. The molecule has 1 unspecified atom stereocenters. The van der Waals surface area contributed by atoms with Crippen molar-refractivity contribution in [3.8, 4) is 0 Å². The number of fused-ring (bicyclic) bond motifs is 1. The summed E-state index contributed by atoms with van der Waals surface area (Å²) in [5.41, 5.74) is 2.33. The number of carbonyl (C=O) groups is 3. The molecule has 1 aromatic carbocycles. The third kappa shape index (κ3) is 3.72. The zero-order valence-corrected chi connectivity index (χ0v) is 17.0. The summed E-state index contributed by atoms with van der Waals surface area (Å²) in [6.45, 7) is 4.28. The van der Waals surface area contributed by atoms with Crippen LogP contribution in [0, 0.1) is 0 Å². The molecule has 0 saturated carbocycles. The maximum atomic E-state index is 13.2. The van der Waals surface area contributed by atoms with E-state index in [-0.39, 0.29) is 18.2 Å². The highest BCUT2D eigenvalue weighted by Crippen LogP contribution is 2.30. The number of hydrogen-bond donors (Lipinski definition) is 4. The van der Waals surface area contributed by atoms with Crippen molar-refractivity contribution in [3.05, 3.63) is 34.9 Å². The first-order chi connectivity index (χ1) is 15.1. The third-order valence-electron chi connectivity index (χ3n) is 5.96. The van der Waals surface area contributed by atoms with E-state index in [2.05, 4.69) is 36.0 Å². The van der Waals surface area contributed by atoms with Crippen molar-refractivity contribution in [1.29, 1.82) is 0 Å². The molecule has 0 radical (unpaired) electrons. The molecule has 0 aliphatic carbocycles. The maximum absolute atomic E-state index is 13.2. The van der Waals surface area contributed by atoms with Gasteiger partial charge < -0.3 is 20.4 Å². The van der Waals surface area contributed by atoms with E-state index in [1.165, 1.54) is 0 Å². The zero-order chi connectivity index (χ0) is 21.4. The van der Waals surface area contributed by atoms with Gasteiger partial charge in [-0.3, -0.25) is 19.7 Å². The average Bonchev–Trinajstić information content (AvgIpc) is 3.38. The number of H-pyrrole nitrogens is 1. The van der Waals surface area contributed by atoms with Crippen molar-refractivity contribution in [2.24, 2.45) is 0 Å². The van der Waals surface area contributed by atoms with E-state index in [4.69, 9.17) is 0 Å². The first-order valence-corrected chi connectivity index (χ1v) is 10.5. The van der Waals surface area contributed by atoms with Crippen LogP contribution < -0.4 is 20.9 Å². The lowest BCUT2D eigenvalue weighted by Gasteiger charge is -2.29. The van der Waals surface area contributed by atoms with Crippen LogP contribution in [0.15, 0.2) is 18.2 Å². The van der Waals surface area contributed by atoms with Crippen LogP contribution in [0.2, 0.25) is 0 Å². The lowest BCUT2D eigenvalue weighted by Crippen LogP contribution is -2.52. The highest BCUT2D eigenvalue weighted by Gasteiger charge is 2.39. The Morgan fingerprint density at radius 1 is 1.16 bits per heavy atom. The number of amides is 3. The Hall–Kier alpha value is -3.47. The molecule has 2 saturated heterocycles. The largest absolute Gasteiger partial charge is 0.350 e. The summed E-state index contributed by atoms with van der Waals surface area (Å²) in [7, 11) is 0. The van der Waals surface area contributed by atoms with E-state index in [0.29, 0.717) is 37.0 Å². The Labute approximate surface area is 178 Å². The van der Waals surface area contributed by atoms with Gasteiger partial charge in [-0.15, -0.1) is 5.10 Å². The van der Waals surface area contributed by atoms with Crippen LogP contribution in [-0.2, 0) is 22.7 Å². The summed E-state index contributed by atoms with van der Waals surface area (Å²) in [4.78, 5) is 45.0. The van der Waals surface area contributed by atoms with Gasteiger partial charge in [0.1, 0.15) is 6.04 Å². The van der Waals surface area contributed by atoms with Gasteiger partial charge in [0.15, 0.2) is 0 Å². The van der Waals surface area contributed by atoms with Gasteiger partial charge in [-0.05, 0) is 17.5 Å². The van der Waals surface area contributed by atoms with Gasteiger partial charge in [-0.1, -0.05) is 18.2 Å². The maximum Gasteiger partial charge on any atom is 0.255 e. The number of imide groups is 1. The Balaban J connectivity index is 1.28. The monoisotopic (exact) mass is 424 g/mol. The molecule has 5 rings (SSSR count). The summed E-state index contributed by atoms with van der Waals surface area (Å²) in [6.07, 6.45) is 0.594. The highest BCUT2D eigenvalue weighted by atomic mass is 16.2. The SMILES string of the molecule is O=C1CCC(N2Cc3cccc(CNc4nc(N5CCNCC5)n[nH]4)c3C2=O)C(=O)N1. The van der Waals surface area contributed by atoms with Crippen LogP contribution >= 0.6 is 0 Å². The van der Waals surface area contributed by atoms with Crippen molar-refractivity contribution in [2.45, 2.75) is 32.0 Å². The van der Waals surface area contributed by atoms with Crippen LogP contribution in [0.3, 0.4) is 0 Å². The highest BCUT2D eigenvalue weighted by molar-refractivity contribution is 6.06. The van der Waals surface area contributed by atoms with Gasteiger partial charge in [0, 0.05) is 51.3 Å². The molecule has 2 fully saturated rings. The third-order valence-corrected chi connectivity index (χ3v) is 5.96. The lowest BCUT2D eigenvalue weighted by molar-refractivity contribution is -0.136. The van der Waals surface area contributed by atoms with E-state index in [1.54, 1.807) is 4.90 Å². The normalized spacial score (nSPS) is 21.3. The molecule has 1 aromatic heterocycles. The quantitative estimate of drug-likeness (QED) is 0.476. The molecule has 3 aliphatic heterocycles. The standard InChI is InChI=1S/C20H24N8O3/c29-15-5-4-14(17(30)23-15)28-11-13-3-1-2-12(16(13)18(28)31)10-22-19-24-20(26-25-19)27-8-6-21-7-9-27/h1-3,14,21H,4-11H2,(H,23,29,30)(H2,22,24,25,26). The van der Waals surface area contributed by atoms with E-state index >= 15 is 0 Å². The first-order valence-electron chi connectivity index (χ1n) is 10.5. The zero-order valence-electron chi connectivity index (χ0n) is 17.0. The number of hydrogen-bond acceptors (Lipinski definition) is 8. The Morgan fingerprint density at radius 2 is 2.00 bits per heavy atom. The van der Waals surface area contributed by atoms with Crippen molar-refractivity contribution in [1.82, 2.24) is 30.7 Å². The van der Waals surface area contributed by atoms with Gasteiger partial charge in [0.05, 0.1) is 0 Å². The summed E-state index contributed by atoms with van der Waals surface area (Å²) in [6, 6.07) is 5.09. The molecule has 0 spiro atoms. The number of aromatic nitrogens is 3. The van der Waals surface area contributed by atoms with Gasteiger partial charge in [0.2, 0.25) is 23.7 Å². The smallest absolute Gasteiger partial charge is 0.255 e. The number of nitrogens with one attached hydrogen (secondary N) is 4. The number of carbonyl (C=O) groups excluding carboxylic acids is 3. The summed E-state index contributed by atoms with van der Waals surface area (Å²) < 4.78 is 0. The fraction of sp³-hybridized carbons (Fsp3) is 0.450. The molecular formula is C20H24N8O3. The predicted octanol–water partition coefficient (Wildman–Crippen LogP) is -0.413. The topological polar surface area (TPSA) is 135 Å². The molecule has 4 heterocycles. The molecular weight excluding hydrogens is 400 g/mol. The van der Waals surface area contributed by atoms with Gasteiger partial charge in [-0.25, -0.2) is 5.10 Å². The van der Waals surface area contributed by atoms with Crippen molar-refractivity contribution in [3.63, 3.8) is 0 Å². The first kappa shape index (κ1) is 19.5. The Kier molecular flexibility index (Phi) is 5.02. The number of benzene rings is 1. The van der Waals surface area contributed by atoms with Crippen molar-refractivity contribution < 1.29 is 14.4 Å². The van der Waals surface area contributed by atoms with Crippen molar-refractivity contribution >= 4 is 29.6 Å². The van der Waals surface area contributed by atoms with E-state index in [0.717, 1.165) is 37.3 Å². The summed E-state index contributed by atoms with van der Waals surface area (Å²) in [5.74, 6) is 0.323. The number of rotatable bonds is 5. The second-order valence-corrected chi connectivity index (χ2v) is 7.93. The van der Waals surface area contributed by atoms with Crippen LogP contribution in [0.4, 0.5) is 11.9 Å². The fourth-order valence-electron chi connectivity index (χ4n) is 4.35. The van der Waals surface area contributed by atoms with Crippen molar-refractivity contribution in [2.75, 3.05) is 36.4 Å². The van der Waals surface area contributed by atoms with Gasteiger partial charge >= 0.3 is 0 Å². The van der Waals surface area contributed by atoms with E-state index in [1.807, 2.05) is 18.2 Å². The fourth-order valence-corrected chi connectivity index (χ4v) is 4.35. The molecule has 3 aliphatic rings. The van der Waals surface area contributed by atoms with Crippen LogP contribution in [0.5, 0.6) is 0 Å². The molecule has 4 N–H and O–H groups in total. The van der Waals surface area contributed by atoms with Crippen LogP contribution in [0.1, 0.15) is 34.3 Å². The van der Waals surface area contributed by atoms with Crippen LogP contribution in [-0.4, -0.2) is 70.0 Å². The second kappa shape index (κ2) is 7.99. The molecule has 162 valence electrons. The molecule has 11 heteroatoms. The Morgan fingerprint density at radius 3 is 2.81 bits per heavy atom. The average molecular weight is 424 g/mol. The minimum Gasteiger partial charge on any atom is -0.350 e. The van der Waals surface area contributed by atoms with Gasteiger partial charge in [-0.2, -0.15) is 4.98 Å². The number of aromatic amines is 1. The number of piperazine rings is 1. The Bertz CT molecular complexity index is 1030. The van der Waals surface area contributed by atoms with E-state index in [9.17, 15) is 14.4 Å². The summed E-state index contributed by atoms with van der Waals surface area (Å²) >= 11 is 0. The number of nitrogens with zero attached hydrogens (tertiary/aromatic N) is 4. The molecule has 11 nitrogen and oxygen atoms in total. The minimum absolute atomic E-state index is 0.180. The lowest BCUT2D eigenvalue weighted by atomic mass is 10.0. The van der Waals surface area contributed by atoms with Gasteiger partial charge in [0.25, 0.3) is 5.91 Å². The molecule has 1 atom stereocenters. The van der Waals surface area contributed by atoms with E-state index < -0.39 is 11.9 Å². The molecule has 0 bridgehead atoms. The number of piperidine rings is 1. The molecule has 2 aromatic rings. The van der Waals surface area contributed by atoms with Crippen LogP contribution in [0.25, 0.3) is 0 Å². The summed E-state index contributed by atoms with van der Waals surface area (Å²) in [5, 5.41) is 16.0. The molecule has 31 heavy (non-hydrogen) atoms. The second-order valence-electron chi connectivity index (χ2n) is 7.93. The number of anilines is 2. The molecule has 3 amide bonds. The predicted molar refractivity (Wildman–Crippen MR) is 111 cm³/mol.